The molecule has 0 aliphatic heterocycles. The maximum absolute atomic E-state index is 6.16. The highest BCUT2D eigenvalue weighted by Gasteiger charge is 2.22. The number of hydrogen-bond donors (Lipinski definition) is 2. The van der Waals surface area contributed by atoms with E-state index < -0.39 is 0 Å². The number of hydrogen-bond acceptors (Lipinski definition) is 2. The number of anilines is 2. The highest BCUT2D eigenvalue weighted by atomic mass is 14.6. The van der Waals surface area contributed by atoms with Crippen molar-refractivity contribution in [1.29, 1.82) is 0 Å². The molecule has 22 heavy (non-hydrogen) atoms. The van der Waals surface area contributed by atoms with Crippen LogP contribution < -0.4 is 11.5 Å². The first-order valence-corrected chi connectivity index (χ1v) is 7.50. The lowest BCUT2D eigenvalue weighted by Crippen LogP contribution is -1.92. The fourth-order valence-electron chi connectivity index (χ4n) is 3.31. The van der Waals surface area contributed by atoms with Crippen LogP contribution in [0.1, 0.15) is 16.7 Å². The van der Waals surface area contributed by atoms with Crippen LogP contribution in [0.5, 0.6) is 0 Å². The van der Waals surface area contributed by atoms with Crippen LogP contribution in [-0.4, -0.2) is 0 Å². The van der Waals surface area contributed by atoms with Gasteiger partial charge in [0.05, 0.1) is 0 Å². The summed E-state index contributed by atoms with van der Waals surface area (Å²) < 4.78 is 0. The molecule has 0 fully saturated rings. The van der Waals surface area contributed by atoms with Gasteiger partial charge in [-0.3, -0.25) is 0 Å². The third-order valence-corrected chi connectivity index (χ3v) is 4.43. The molecule has 0 atom stereocenters. The maximum Gasteiger partial charge on any atom is 0.0326 e. The first-order chi connectivity index (χ1) is 10.6. The SMILES string of the molecule is Cc1ccc(-c2cc(N)cc3c2Cc2ccc(N)cc2-3)cc1. The average molecular weight is 286 g/mol. The van der Waals surface area contributed by atoms with Crippen molar-refractivity contribution in [2.75, 3.05) is 11.5 Å². The fourth-order valence-corrected chi connectivity index (χ4v) is 3.31. The minimum absolute atomic E-state index is 0.796. The molecular weight excluding hydrogens is 268 g/mol. The lowest BCUT2D eigenvalue weighted by atomic mass is 9.94. The lowest BCUT2D eigenvalue weighted by Gasteiger charge is -2.11. The van der Waals surface area contributed by atoms with Crippen molar-refractivity contribution in [2.24, 2.45) is 0 Å². The topological polar surface area (TPSA) is 52.0 Å². The molecule has 0 unspecified atom stereocenters. The van der Waals surface area contributed by atoms with E-state index in [0.717, 1.165) is 17.8 Å². The molecule has 0 bridgehead atoms. The number of nitrogens with two attached hydrogens (primary N) is 2. The second-order valence-electron chi connectivity index (χ2n) is 6.05. The van der Waals surface area contributed by atoms with Crippen LogP contribution in [-0.2, 0) is 6.42 Å². The molecule has 0 aromatic heterocycles. The van der Waals surface area contributed by atoms with Gasteiger partial charge in [-0.15, -0.1) is 0 Å². The van der Waals surface area contributed by atoms with Gasteiger partial charge in [-0.25, -0.2) is 0 Å². The molecule has 0 spiro atoms. The van der Waals surface area contributed by atoms with E-state index in [1.54, 1.807) is 0 Å². The van der Waals surface area contributed by atoms with Crippen molar-refractivity contribution in [3.63, 3.8) is 0 Å². The number of benzene rings is 3. The normalized spacial score (nSPS) is 12.0. The average Bonchev–Trinajstić information content (AvgIpc) is 2.85. The monoisotopic (exact) mass is 286 g/mol. The molecule has 1 aliphatic rings. The molecule has 3 aromatic rings. The van der Waals surface area contributed by atoms with E-state index in [9.17, 15) is 0 Å². The second-order valence-corrected chi connectivity index (χ2v) is 6.05. The molecular formula is C20H18N2. The van der Waals surface area contributed by atoms with Crippen molar-refractivity contribution >= 4 is 11.4 Å². The largest absolute Gasteiger partial charge is 0.399 e. The van der Waals surface area contributed by atoms with Gasteiger partial charge in [0.25, 0.3) is 0 Å². The summed E-state index contributed by atoms with van der Waals surface area (Å²) in [7, 11) is 0. The summed E-state index contributed by atoms with van der Waals surface area (Å²) in [4.78, 5) is 0. The number of nitrogen functional groups attached to an aromatic ring is 2. The predicted molar refractivity (Wildman–Crippen MR) is 93.7 cm³/mol. The Morgan fingerprint density at radius 2 is 1.41 bits per heavy atom. The van der Waals surface area contributed by atoms with E-state index in [2.05, 4.69) is 55.5 Å². The summed E-state index contributed by atoms with van der Waals surface area (Å²) in [6.45, 7) is 2.10. The van der Waals surface area contributed by atoms with Crippen LogP contribution in [0.4, 0.5) is 11.4 Å². The number of fused-ring (bicyclic) bond motifs is 3. The first-order valence-electron chi connectivity index (χ1n) is 7.50. The van der Waals surface area contributed by atoms with E-state index in [-0.39, 0.29) is 0 Å². The van der Waals surface area contributed by atoms with Gasteiger partial charge in [-0.1, -0.05) is 35.9 Å². The Morgan fingerprint density at radius 3 is 2.18 bits per heavy atom. The van der Waals surface area contributed by atoms with Gasteiger partial charge in [-0.05, 0) is 71.0 Å². The summed E-state index contributed by atoms with van der Waals surface area (Å²) in [6.07, 6.45) is 0.939. The molecule has 0 saturated heterocycles. The van der Waals surface area contributed by atoms with Gasteiger partial charge >= 0.3 is 0 Å². The van der Waals surface area contributed by atoms with Gasteiger partial charge in [0.2, 0.25) is 0 Å². The van der Waals surface area contributed by atoms with Crippen molar-refractivity contribution < 1.29 is 0 Å². The van der Waals surface area contributed by atoms with Crippen LogP contribution in [0.3, 0.4) is 0 Å². The molecule has 4 rings (SSSR count). The van der Waals surface area contributed by atoms with Gasteiger partial charge in [0.1, 0.15) is 0 Å². The summed E-state index contributed by atoms with van der Waals surface area (Å²) in [5.41, 5.74) is 22.5. The lowest BCUT2D eigenvalue weighted by molar-refractivity contribution is 1.26. The van der Waals surface area contributed by atoms with Crippen LogP contribution in [0.2, 0.25) is 0 Å². The van der Waals surface area contributed by atoms with E-state index in [0.29, 0.717) is 0 Å². The smallest absolute Gasteiger partial charge is 0.0326 e. The van der Waals surface area contributed by atoms with E-state index in [1.165, 1.54) is 38.9 Å². The highest BCUT2D eigenvalue weighted by molar-refractivity contribution is 5.88. The minimum atomic E-state index is 0.796. The Hall–Kier alpha value is -2.74. The van der Waals surface area contributed by atoms with Crippen molar-refractivity contribution in [1.82, 2.24) is 0 Å². The predicted octanol–water partition coefficient (Wildman–Crippen LogP) is 4.40. The first kappa shape index (κ1) is 13.0. The zero-order valence-electron chi connectivity index (χ0n) is 12.6. The summed E-state index contributed by atoms with van der Waals surface area (Å²) in [5.74, 6) is 0. The molecule has 108 valence electrons. The van der Waals surface area contributed by atoms with E-state index >= 15 is 0 Å². The van der Waals surface area contributed by atoms with Crippen LogP contribution in [0.15, 0.2) is 54.6 Å². The van der Waals surface area contributed by atoms with Gasteiger partial charge in [0, 0.05) is 11.4 Å². The zero-order valence-corrected chi connectivity index (χ0v) is 12.6. The van der Waals surface area contributed by atoms with Crippen LogP contribution in [0, 0.1) is 6.92 Å². The number of rotatable bonds is 1. The molecule has 0 amide bonds. The summed E-state index contributed by atoms with van der Waals surface area (Å²) in [6, 6.07) is 18.9. The zero-order chi connectivity index (χ0) is 15.3. The number of aryl methyl sites for hydroxylation is 1. The van der Waals surface area contributed by atoms with Gasteiger partial charge in [-0.2, -0.15) is 0 Å². The minimum Gasteiger partial charge on any atom is -0.399 e. The summed E-state index contributed by atoms with van der Waals surface area (Å²) >= 11 is 0. The Balaban J connectivity index is 1.95. The highest BCUT2D eigenvalue weighted by Crippen LogP contribution is 2.43. The second kappa shape index (κ2) is 4.63. The third kappa shape index (κ3) is 1.96. The van der Waals surface area contributed by atoms with Gasteiger partial charge < -0.3 is 11.5 Å². The maximum atomic E-state index is 6.16. The molecule has 2 heteroatoms. The molecule has 2 nitrogen and oxygen atoms in total. The Bertz CT molecular complexity index is 877. The third-order valence-electron chi connectivity index (χ3n) is 4.43. The molecule has 0 heterocycles. The standard InChI is InChI=1S/C20H18N2/c1-12-2-4-13(5-3-12)17-10-16(22)11-20-18-9-15(21)7-6-14(18)8-19(17)20/h2-7,9-11H,8,21-22H2,1H3. The van der Waals surface area contributed by atoms with E-state index in [1.807, 2.05) is 6.07 Å². The quantitative estimate of drug-likeness (QED) is 0.510. The summed E-state index contributed by atoms with van der Waals surface area (Å²) in [5, 5.41) is 0. The Labute approximate surface area is 130 Å². The van der Waals surface area contributed by atoms with Crippen molar-refractivity contribution in [2.45, 2.75) is 13.3 Å². The molecule has 0 radical (unpaired) electrons. The Morgan fingerprint density at radius 1 is 0.727 bits per heavy atom. The molecule has 4 N–H and O–H groups in total. The van der Waals surface area contributed by atoms with Crippen LogP contribution >= 0.6 is 0 Å². The molecule has 0 saturated carbocycles. The fraction of sp³-hybridized carbons (Fsp3) is 0.100. The van der Waals surface area contributed by atoms with Crippen molar-refractivity contribution in [3.05, 3.63) is 71.3 Å². The van der Waals surface area contributed by atoms with Crippen LogP contribution in [0.25, 0.3) is 22.3 Å². The van der Waals surface area contributed by atoms with Crippen molar-refractivity contribution in [3.8, 4) is 22.3 Å². The Kier molecular flexibility index (Phi) is 2.73. The van der Waals surface area contributed by atoms with E-state index in [4.69, 9.17) is 11.5 Å². The van der Waals surface area contributed by atoms with Gasteiger partial charge in [0.15, 0.2) is 0 Å². The molecule has 1 aliphatic carbocycles. The molecule has 3 aromatic carbocycles.